The van der Waals surface area contributed by atoms with Gasteiger partial charge in [-0.1, -0.05) is 72.3 Å². The van der Waals surface area contributed by atoms with Gasteiger partial charge < -0.3 is 10.6 Å². The van der Waals surface area contributed by atoms with Crippen LogP contribution in [-0.4, -0.2) is 22.6 Å². The first-order valence-electron chi connectivity index (χ1n) is 10.4. The van der Waals surface area contributed by atoms with Crippen molar-refractivity contribution in [2.24, 2.45) is 0 Å². The second kappa shape index (κ2) is 9.87. The van der Waals surface area contributed by atoms with Crippen molar-refractivity contribution in [3.05, 3.63) is 108 Å². The highest BCUT2D eigenvalue weighted by Gasteiger charge is 2.20. The molecule has 0 unspecified atom stereocenters. The Kier molecular flexibility index (Phi) is 6.55. The summed E-state index contributed by atoms with van der Waals surface area (Å²) in [4.78, 5) is 13.1. The summed E-state index contributed by atoms with van der Waals surface area (Å²) in [5, 5.41) is 13.3. The maximum atomic E-state index is 13.1. The van der Waals surface area contributed by atoms with Gasteiger partial charge in [-0.2, -0.15) is 5.10 Å². The number of hydrogen-bond acceptors (Lipinski definition) is 3. The molecule has 0 radical (unpaired) electrons. The van der Waals surface area contributed by atoms with Crippen LogP contribution in [0.15, 0.2) is 91.3 Å². The topological polar surface area (TPSA) is 69.8 Å². The fourth-order valence-corrected chi connectivity index (χ4v) is 3.49. The molecule has 0 saturated carbocycles. The third kappa shape index (κ3) is 5.47. The molecule has 1 amide bonds. The van der Waals surface area contributed by atoms with Crippen LogP contribution in [0, 0.1) is 6.92 Å². The predicted molar refractivity (Wildman–Crippen MR) is 125 cm³/mol. The quantitative estimate of drug-likeness (QED) is 0.387. The molecule has 0 saturated heterocycles. The van der Waals surface area contributed by atoms with Gasteiger partial charge in [-0.15, -0.1) is 0 Å². The molecule has 1 aromatic heterocycles. The van der Waals surface area contributed by atoms with Crippen LogP contribution in [-0.2, 0) is 11.2 Å². The van der Waals surface area contributed by atoms with E-state index < -0.39 is 6.04 Å². The Hall–Kier alpha value is -3.70. The number of aromatic amines is 1. The number of rotatable bonds is 8. The van der Waals surface area contributed by atoms with E-state index in [1.165, 1.54) is 11.1 Å². The minimum atomic E-state index is -0.430. The molecule has 0 spiro atoms. The van der Waals surface area contributed by atoms with E-state index in [1.807, 2.05) is 60.8 Å². The second-order valence-corrected chi connectivity index (χ2v) is 7.59. The molecule has 0 fully saturated rings. The summed E-state index contributed by atoms with van der Waals surface area (Å²) < 4.78 is 0. The highest BCUT2D eigenvalue weighted by Crippen LogP contribution is 2.21. The molecular weight excluding hydrogens is 384 g/mol. The predicted octanol–water partition coefficient (Wildman–Crippen LogP) is 4.90. The smallest absolute Gasteiger partial charge is 0.246 e. The second-order valence-electron chi connectivity index (χ2n) is 7.59. The Bertz CT molecular complexity index is 1090. The molecule has 156 valence electrons. The molecule has 3 N–H and O–H groups in total. The van der Waals surface area contributed by atoms with Crippen LogP contribution in [0.25, 0.3) is 11.1 Å². The molecule has 5 heteroatoms. The van der Waals surface area contributed by atoms with Gasteiger partial charge in [0, 0.05) is 24.0 Å². The average Bonchev–Trinajstić information content (AvgIpc) is 3.34. The van der Waals surface area contributed by atoms with Crippen molar-refractivity contribution >= 4 is 11.6 Å². The van der Waals surface area contributed by atoms with E-state index in [9.17, 15) is 4.79 Å². The number of aryl methyl sites for hydroxylation is 1. The van der Waals surface area contributed by atoms with Crippen molar-refractivity contribution in [3.8, 4) is 11.1 Å². The Morgan fingerprint density at radius 3 is 2.35 bits per heavy atom. The molecule has 0 aliphatic carbocycles. The third-order valence-electron chi connectivity index (χ3n) is 5.26. The zero-order chi connectivity index (χ0) is 21.5. The maximum absolute atomic E-state index is 13.1. The molecule has 1 heterocycles. The molecule has 4 rings (SSSR count). The number of amides is 1. The molecule has 3 aromatic carbocycles. The van der Waals surface area contributed by atoms with E-state index in [0.29, 0.717) is 6.54 Å². The molecule has 4 aromatic rings. The fraction of sp³-hybridized carbons (Fsp3) is 0.154. The molecule has 0 bridgehead atoms. The Morgan fingerprint density at radius 2 is 1.68 bits per heavy atom. The van der Waals surface area contributed by atoms with Crippen molar-refractivity contribution < 1.29 is 4.79 Å². The van der Waals surface area contributed by atoms with Crippen molar-refractivity contribution in [3.63, 3.8) is 0 Å². The maximum Gasteiger partial charge on any atom is 0.246 e. The van der Waals surface area contributed by atoms with E-state index in [4.69, 9.17) is 0 Å². The number of aromatic nitrogens is 2. The number of nitrogens with zero attached hydrogens (tertiary/aromatic N) is 1. The monoisotopic (exact) mass is 410 g/mol. The van der Waals surface area contributed by atoms with Crippen molar-refractivity contribution in [2.45, 2.75) is 19.4 Å². The minimum absolute atomic E-state index is 0.0776. The minimum Gasteiger partial charge on any atom is -0.324 e. The molecule has 31 heavy (non-hydrogen) atoms. The Morgan fingerprint density at radius 1 is 0.935 bits per heavy atom. The number of carbonyl (C=O) groups excluding carboxylic acids is 1. The standard InChI is InChI=1S/C26H26N4O/c1-19-7-9-20(10-8-19)15-16-27-25(22-5-3-2-4-6-22)26(31)30-24-13-11-21(12-14-24)23-17-28-29-18-23/h2-14,17-18,25,27H,15-16H2,1H3,(H,28,29)(H,30,31)/t25-/m0/s1. The van der Waals surface area contributed by atoms with Gasteiger partial charge >= 0.3 is 0 Å². The normalized spacial score (nSPS) is 11.8. The van der Waals surface area contributed by atoms with Crippen LogP contribution in [0.5, 0.6) is 0 Å². The van der Waals surface area contributed by atoms with Crippen LogP contribution < -0.4 is 10.6 Å². The van der Waals surface area contributed by atoms with Gasteiger partial charge in [0.15, 0.2) is 0 Å². The van der Waals surface area contributed by atoms with Crippen LogP contribution in [0.3, 0.4) is 0 Å². The summed E-state index contributed by atoms with van der Waals surface area (Å²) in [6.07, 6.45) is 4.48. The average molecular weight is 411 g/mol. The van der Waals surface area contributed by atoms with Crippen LogP contribution >= 0.6 is 0 Å². The summed E-state index contributed by atoms with van der Waals surface area (Å²) in [6, 6.07) is 25.7. The van der Waals surface area contributed by atoms with Crippen molar-refractivity contribution in [1.29, 1.82) is 0 Å². The van der Waals surface area contributed by atoms with Gasteiger partial charge in [-0.3, -0.25) is 9.89 Å². The summed E-state index contributed by atoms with van der Waals surface area (Å²) in [5.74, 6) is -0.0776. The highest BCUT2D eigenvalue weighted by atomic mass is 16.2. The summed E-state index contributed by atoms with van der Waals surface area (Å²) >= 11 is 0. The van der Waals surface area contributed by atoms with Crippen molar-refractivity contribution in [2.75, 3.05) is 11.9 Å². The van der Waals surface area contributed by atoms with E-state index in [-0.39, 0.29) is 5.91 Å². The summed E-state index contributed by atoms with van der Waals surface area (Å²) in [7, 11) is 0. The number of benzene rings is 3. The lowest BCUT2D eigenvalue weighted by molar-refractivity contribution is -0.118. The fourth-order valence-electron chi connectivity index (χ4n) is 3.49. The van der Waals surface area contributed by atoms with Crippen LogP contribution in [0.4, 0.5) is 5.69 Å². The van der Waals surface area contributed by atoms with E-state index >= 15 is 0 Å². The first kappa shape index (κ1) is 20.6. The van der Waals surface area contributed by atoms with Gasteiger partial charge in [0.05, 0.1) is 6.20 Å². The number of carbonyl (C=O) groups is 1. The number of anilines is 1. The lowest BCUT2D eigenvalue weighted by Gasteiger charge is -2.19. The summed E-state index contributed by atoms with van der Waals surface area (Å²) in [6.45, 7) is 2.79. The van der Waals surface area contributed by atoms with Gasteiger partial charge in [0.2, 0.25) is 5.91 Å². The van der Waals surface area contributed by atoms with Gasteiger partial charge in [-0.05, 0) is 42.2 Å². The lowest BCUT2D eigenvalue weighted by Crippen LogP contribution is -2.34. The Balaban J connectivity index is 1.43. The van der Waals surface area contributed by atoms with Crippen LogP contribution in [0.2, 0.25) is 0 Å². The summed E-state index contributed by atoms with van der Waals surface area (Å²) in [5.41, 5.74) is 6.26. The van der Waals surface area contributed by atoms with Gasteiger partial charge in [-0.25, -0.2) is 0 Å². The zero-order valence-corrected chi connectivity index (χ0v) is 17.5. The highest BCUT2D eigenvalue weighted by molar-refractivity contribution is 5.95. The van der Waals surface area contributed by atoms with Crippen LogP contribution in [0.1, 0.15) is 22.7 Å². The molecular formula is C26H26N4O. The largest absolute Gasteiger partial charge is 0.324 e. The molecule has 0 aliphatic heterocycles. The SMILES string of the molecule is Cc1ccc(CCN[C@H](C(=O)Nc2ccc(-c3cn[nH]c3)cc2)c2ccccc2)cc1. The van der Waals surface area contributed by atoms with E-state index in [2.05, 4.69) is 52.0 Å². The van der Waals surface area contributed by atoms with Gasteiger partial charge in [0.1, 0.15) is 6.04 Å². The molecule has 5 nitrogen and oxygen atoms in total. The van der Waals surface area contributed by atoms with E-state index in [0.717, 1.165) is 28.8 Å². The van der Waals surface area contributed by atoms with Gasteiger partial charge in [0.25, 0.3) is 0 Å². The zero-order valence-electron chi connectivity index (χ0n) is 17.5. The van der Waals surface area contributed by atoms with Crippen molar-refractivity contribution in [1.82, 2.24) is 15.5 Å². The first-order valence-corrected chi connectivity index (χ1v) is 10.4. The number of H-pyrrole nitrogens is 1. The number of nitrogens with one attached hydrogen (secondary N) is 3. The molecule has 1 atom stereocenters. The first-order chi connectivity index (χ1) is 15.2. The lowest BCUT2D eigenvalue weighted by atomic mass is 10.0. The van der Waals surface area contributed by atoms with E-state index in [1.54, 1.807) is 6.20 Å². The third-order valence-corrected chi connectivity index (χ3v) is 5.26. The number of hydrogen-bond donors (Lipinski definition) is 3. The molecule has 0 aliphatic rings. The Labute approximate surface area is 182 Å².